The molecular formula is C23H18F2N6O3. The average Bonchev–Trinajstić information content (AvgIpc) is 3.42. The summed E-state index contributed by atoms with van der Waals surface area (Å²) in [6.07, 6.45) is 3.28. The van der Waals surface area contributed by atoms with Crippen molar-refractivity contribution in [3.8, 4) is 40.5 Å². The van der Waals surface area contributed by atoms with Crippen molar-refractivity contribution in [1.82, 2.24) is 29.3 Å². The molecule has 4 aromatic rings. The Morgan fingerprint density at radius 1 is 1.06 bits per heavy atom. The van der Waals surface area contributed by atoms with E-state index in [4.69, 9.17) is 9.47 Å². The molecule has 11 heteroatoms. The van der Waals surface area contributed by atoms with Crippen LogP contribution in [0.25, 0.3) is 17.1 Å². The smallest absolute Gasteiger partial charge is 0.345 e. The van der Waals surface area contributed by atoms with Crippen LogP contribution in [0.2, 0.25) is 0 Å². The summed E-state index contributed by atoms with van der Waals surface area (Å²) in [6, 6.07) is 9.04. The number of benzene rings is 1. The van der Waals surface area contributed by atoms with E-state index in [1.807, 2.05) is 22.8 Å². The van der Waals surface area contributed by atoms with Crippen molar-refractivity contribution in [3.05, 3.63) is 65.6 Å². The Labute approximate surface area is 193 Å². The van der Waals surface area contributed by atoms with Gasteiger partial charge in [0.15, 0.2) is 11.6 Å². The molecule has 0 radical (unpaired) electrons. The van der Waals surface area contributed by atoms with Crippen LogP contribution in [0.15, 0.2) is 42.9 Å². The molecule has 0 N–H and O–H groups in total. The van der Waals surface area contributed by atoms with E-state index in [0.29, 0.717) is 34.3 Å². The average molecular weight is 464 g/mol. The van der Waals surface area contributed by atoms with Gasteiger partial charge in [-0.3, -0.25) is 4.57 Å². The summed E-state index contributed by atoms with van der Waals surface area (Å²) >= 11 is 0. The quantitative estimate of drug-likeness (QED) is 0.370. The minimum atomic E-state index is -2.92. The Hall–Kier alpha value is -4.30. The first-order valence-electron chi connectivity index (χ1n) is 10.2. The predicted octanol–water partition coefficient (Wildman–Crippen LogP) is 3.04. The van der Waals surface area contributed by atoms with E-state index in [-0.39, 0.29) is 12.4 Å². The third-order valence-electron chi connectivity index (χ3n) is 5.32. The van der Waals surface area contributed by atoms with Crippen molar-refractivity contribution in [2.24, 2.45) is 0 Å². The van der Waals surface area contributed by atoms with E-state index < -0.39 is 13.2 Å². The van der Waals surface area contributed by atoms with Crippen molar-refractivity contribution in [1.29, 1.82) is 0 Å². The molecule has 0 aliphatic carbocycles. The second kappa shape index (κ2) is 8.92. The van der Waals surface area contributed by atoms with Crippen LogP contribution < -0.4 is 9.47 Å². The zero-order valence-corrected chi connectivity index (χ0v) is 18.2. The third-order valence-corrected chi connectivity index (χ3v) is 5.32. The normalized spacial score (nSPS) is 11.7. The summed E-state index contributed by atoms with van der Waals surface area (Å²) in [5.74, 6) is 8.02. The molecule has 0 saturated carbocycles. The molecule has 1 aliphatic rings. The molecule has 0 spiro atoms. The maximum atomic E-state index is 12.7. The molecule has 5 rings (SSSR count). The van der Waals surface area contributed by atoms with Gasteiger partial charge in [-0.05, 0) is 30.2 Å². The number of imidazole rings is 1. The number of pyridine rings is 1. The minimum absolute atomic E-state index is 0.256. The van der Waals surface area contributed by atoms with E-state index >= 15 is 0 Å². The van der Waals surface area contributed by atoms with Crippen molar-refractivity contribution in [2.45, 2.75) is 19.8 Å². The van der Waals surface area contributed by atoms with Gasteiger partial charge in [-0.15, -0.1) is 10.2 Å². The van der Waals surface area contributed by atoms with E-state index in [0.717, 1.165) is 11.4 Å². The number of hydrogen-bond acceptors (Lipinski definition) is 7. The third kappa shape index (κ3) is 3.95. The lowest BCUT2D eigenvalue weighted by atomic mass is 10.1. The van der Waals surface area contributed by atoms with Gasteiger partial charge >= 0.3 is 6.61 Å². The molecule has 0 bridgehead atoms. The Balaban J connectivity index is 1.61. The van der Waals surface area contributed by atoms with Crippen LogP contribution in [0, 0.1) is 11.8 Å². The standard InChI is InChI=1S/C23H18F2N6O3/c1-32-15-5-7-18-16(9-15)22-29-28-20(12-34-23(24)25)30(22)11-19-17(27-13-31(18)19)6-3-14-4-8-21(33-2)26-10-14/h4-5,7-10,13,23H,11-12H2,1-2H3. The number of aromatic nitrogens is 6. The summed E-state index contributed by atoms with van der Waals surface area (Å²) in [4.78, 5) is 8.66. The molecule has 34 heavy (non-hydrogen) atoms. The maximum Gasteiger partial charge on any atom is 0.345 e. The number of alkyl halides is 2. The largest absolute Gasteiger partial charge is 0.497 e. The second-order valence-electron chi connectivity index (χ2n) is 7.23. The number of ether oxygens (including phenoxy) is 3. The van der Waals surface area contributed by atoms with Gasteiger partial charge in [-0.25, -0.2) is 9.97 Å². The lowest BCUT2D eigenvalue weighted by Gasteiger charge is -2.09. The summed E-state index contributed by atoms with van der Waals surface area (Å²) < 4.78 is 44.0. The summed E-state index contributed by atoms with van der Waals surface area (Å²) in [5.41, 5.74) is 3.47. The molecule has 9 nitrogen and oxygen atoms in total. The monoisotopic (exact) mass is 464 g/mol. The fourth-order valence-electron chi connectivity index (χ4n) is 3.67. The molecule has 1 aromatic carbocycles. The second-order valence-corrected chi connectivity index (χ2v) is 7.23. The molecule has 0 fully saturated rings. The SMILES string of the molecule is COc1ccc2c(c1)-c1nnc(COC(F)F)n1Cc1c(C#Cc3ccc(OC)nc3)ncn1-2. The number of fused-ring (bicyclic) bond motifs is 5. The fourth-order valence-corrected chi connectivity index (χ4v) is 3.67. The van der Waals surface area contributed by atoms with Crippen LogP contribution in [-0.4, -0.2) is 50.1 Å². The number of rotatable bonds is 5. The van der Waals surface area contributed by atoms with E-state index in [9.17, 15) is 8.78 Å². The molecule has 0 saturated heterocycles. The molecule has 0 amide bonds. The summed E-state index contributed by atoms with van der Waals surface area (Å²) in [7, 11) is 3.11. The Morgan fingerprint density at radius 3 is 2.68 bits per heavy atom. The zero-order valence-electron chi connectivity index (χ0n) is 18.2. The molecule has 4 heterocycles. The van der Waals surface area contributed by atoms with Crippen LogP contribution in [0.1, 0.15) is 22.8 Å². The van der Waals surface area contributed by atoms with Gasteiger partial charge in [0.25, 0.3) is 0 Å². The van der Waals surface area contributed by atoms with Crippen LogP contribution in [0.4, 0.5) is 8.78 Å². The number of halogens is 2. The Kier molecular flexibility index (Phi) is 5.65. The number of hydrogen-bond donors (Lipinski definition) is 0. The fraction of sp³-hybridized carbons (Fsp3) is 0.217. The first-order chi connectivity index (χ1) is 16.6. The van der Waals surface area contributed by atoms with Crippen LogP contribution in [0.5, 0.6) is 11.6 Å². The zero-order chi connectivity index (χ0) is 23.7. The molecule has 0 atom stereocenters. The minimum Gasteiger partial charge on any atom is -0.497 e. The number of methoxy groups -OCH3 is 2. The molecule has 0 unspecified atom stereocenters. The summed E-state index contributed by atoms with van der Waals surface area (Å²) in [6.45, 7) is -3.06. The van der Waals surface area contributed by atoms with Crippen molar-refractivity contribution >= 4 is 0 Å². The highest BCUT2D eigenvalue weighted by molar-refractivity contribution is 5.71. The maximum absolute atomic E-state index is 12.7. The molecule has 172 valence electrons. The van der Waals surface area contributed by atoms with Crippen LogP contribution in [0.3, 0.4) is 0 Å². The number of nitrogens with zero attached hydrogens (tertiary/aromatic N) is 6. The topological polar surface area (TPSA) is 89.1 Å². The van der Waals surface area contributed by atoms with E-state index in [1.165, 1.54) is 0 Å². The molecular weight excluding hydrogens is 446 g/mol. The summed E-state index contributed by atoms with van der Waals surface area (Å²) in [5, 5.41) is 8.35. The van der Waals surface area contributed by atoms with Crippen LogP contribution in [-0.2, 0) is 17.9 Å². The first kappa shape index (κ1) is 21.5. The Bertz CT molecular complexity index is 1400. The van der Waals surface area contributed by atoms with E-state index in [2.05, 4.69) is 36.7 Å². The van der Waals surface area contributed by atoms with Crippen molar-refractivity contribution in [3.63, 3.8) is 0 Å². The van der Waals surface area contributed by atoms with Gasteiger partial charge in [-0.2, -0.15) is 8.78 Å². The van der Waals surface area contributed by atoms with Crippen molar-refractivity contribution in [2.75, 3.05) is 14.2 Å². The van der Waals surface area contributed by atoms with Gasteiger partial charge in [0, 0.05) is 23.4 Å². The highest BCUT2D eigenvalue weighted by atomic mass is 19.3. The van der Waals surface area contributed by atoms with Gasteiger partial charge in [-0.1, -0.05) is 5.92 Å². The van der Waals surface area contributed by atoms with Gasteiger partial charge in [0.05, 0.1) is 32.1 Å². The lowest BCUT2D eigenvalue weighted by molar-refractivity contribution is -0.139. The highest BCUT2D eigenvalue weighted by Gasteiger charge is 2.26. The van der Waals surface area contributed by atoms with Gasteiger partial charge in [0.2, 0.25) is 5.88 Å². The van der Waals surface area contributed by atoms with E-state index in [1.54, 1.807) is 43.4 Å². The Morgan fingerprint density at radius 2 is 1.94 bits per heavy atom. The molecule has 1 aliphatic heterocycles. The molecule has 3 aromatic heterocycles. The lowest BCUT2D eigenvalue weighted by Crippen LogP contribution is -2.11. The van der Waals surface area contributed by atoms with Gasteiger partial charge < -0.3 is 18.8 Å². The predicted molar refractivity (Wildman–Crippen MR) is 116 cm³/mol. The van der Waals surface area contributed by atoms with Gasteiger partial charge in [0.1, 0.15) is 24.4 Å². The highest BCUT2D eigenvalue weighted by Crippen LogP contribution is 2.34. The van der Waals surface area contributed by atoms with Crippen molar-refractivity contribution < 1.29 is 23.0 Å². The first-order valence-corrected chi connectivity index (χ1v) is 10.2. The van der Waals surface area contributed by atoms with Crippen LogP contribution >= 0.6 is 0 Å².